The van der Waals surface area contributed by atoms with Gasteiger partial charge in [-0.2, -0.15) is 4.72 Å². The first-order valence-corrected chi connectivity index (χ1v) is 12.1. The maximum Gasteiger partial charge on any atom is 0.434 e. The van der Waals surface area contributed by atoms with Gasteiger partial charge in [-0.1, -0.05) is 19.1 Å². The lowest BCUT2D eigenvalue weighted by Crippen LogP contribution is -2.34. The van der Waals surface area contributed by atoms with Crippen LogP contribution in [0.4, 0.5) is 4.39 Å². The third kappa shape index (κ3) is 5.34. The number of halogens is 1. The Hall–Kier alpha value is -3.35. The molecule has 1 heterocycles. The van der Waals surface area contributed by atoms with E-state index in [0.29, 0.717) is 5.56 Å². The third-order valence-electron chi connectivity index (χ3n) is 5.93. The molecule has 2 aromatic carbocycles. The second-order valence-corrected chi connectivity index (χ2v) is 10.6. The topological polar surface area (TPSA) is 168 Å². The standard InChI is InChI=1S/C23H27FN4O6S/c1-11-6-9-16(24)18(12(11)2)13(3)19(21-26-27-22(30)34-21)28-35(32,33)17-10-14(23(4,5)31)7-8-15(17)20(25)29/h6-10,13,19,28,31H,1-5H3,(H2,25,29)(H,27,30)/t13-,19+/m1/s1. The van der Waals surface area contributed by atoms with Crippen LogP contribution in [0.5, 0.6) is 0 Å². The van der Waals surface area contributed by atoms with Gasteiger partial charge in [0.1, 0.15) is 11.9 Å². The Bertz CT molecular complexity index is 1440. The lowest BCUT2D eigenvalue weighted by atomic mass is 9.88. The second kappa shape index (κ2) is 9.36. The molecule has 0 aliphatic rings. The van der Waals surface area contributed by atoms with Crippen molar-refractivity contribution in [3.8, 4) is 0 Å². The number of hydrogen-bond donors (Lipinski definition) is 4. The van der Waals surface area contributed by atoms with Crippen LogP contribution in [0.3, 0.4) is 0 Å². The summed E-state index contributed by atoms with van der Waals surface area (Å²) in [6.45, 7) is 7.91. The summed E-state index contributed by atoms with van der Waals surface area (Å²) in [7, 11) is -4.55. The number of H-pyrrole nitrogens is 1. The fourth-order valence-corrected chi connectivity index (χ4v) is 5.34. The van der Waals surface area contributed by atoms with Crippen molar-refractivity contribution in [1.29, 1.82) is 0 Å². The van der Waals surface area contributed by atoms with Gasteiger partial charge < -0.3 is 15.3 Å². The number of aryl methyl sites for hydroxylation is 1. The number of nitrogens with two attached hydrogens (primary N) is 1. The van der Waals surface area contributed by atoms with Gasteiger partial charge in [0.05, 0.1) is 16.1 Å². The second-order valence-electron chi connectivity index (χ2n) is 8.88. The summed E-state index contributed by atoms with van der Waals surface area (Å²) in [5, 5.41) is 16.2. The van der Waals surface area contributed by atoms with Crippen molar-refractivity contribution in [3.63, 3.8) is 0 Å². The first kappa shape index (κ1) is 26.3. The molecule has 5 N–H and O–H groups in total. The van der Waals surface area contributed by atoms with Gasteiger partial charge >= 0.3 is 5.76 Å². The van der Waals surface area contributed by atoms with E-state index in [-0.39, 0.29) is 22.6 Å². The van der Waals surface area contributed by atoms with Crippen molar-refractivity contribution < 1.29 is 27.1 Å². The van der Waals surface area contributed by atoms with E-state index < -0.39 is 50.0 Å². The first-order chi connectivity index (χ1) is 16.1. The van der Waals surface area contributed by atoms with Crippen LogP contribution in [0, 0.1) is 19.7 Å². The van der Waals surface area contributed by atoms with E-state index in [1.807, 2.05) is 0 Å². The van der Waals surface area contributed by atoms with Crippen LogP contribution in [0.15, 0.2) is 44.4 Å². The van der Waals surface area contributed by atoms with E-state index in [2.05, 4.69) is 14.9 Å². The molecule has 3 rings (SSSR count). The number of sulfonamides is 1. The van der Waals surface area contributed by atoms with Crippen LogP contribution in [-0.4, -0.2) is 29.6 Å². The SMILES string of the molecule is Cc1ccc(F)c([C@@H](C)[C@H](NS(=O)(=O)c2cc(C(C)(C)O)ccc2C(N)=O)c2n[nH]c(=O)o2)c1C. The summed E-state index contributed by atoms with van der Waals surface area (Å²) in [5.74, 6) is -3.75. The van der Waals surface area contributed by atoms with E-state index in [1.165, 1.54) is 32.0 Å². The van der Waals surface area contributed by atoms with Crippen molar-refractivity contribution in [2.75, 3.05) is 0 Å². The molecule has 0 bridgehead atoms. The number of carbonyl (C=O) groups is 1. The summed E-state index contributed by atoms with van der Waals surface area (Å²) < 4.78 is 49.4. The lowest BCUT2D eigenvalue weighted by Gasteiger charge is -2.26. The third-order valence-corrected chi connectivity index (χ3v) is 7.41. The van der Waals surface area contributed by atoms with Crippen LogP contribution < -0.4 is 16.2 Å². The lowest BCUT2D eigenvalue weighted by molar-refractivity contribution is 0.0781. The van der Waals surface area contributed by atoms with Crippen LogP contribution in [-0.2, 0) is 15.6 Å². The summed E-state index contributed by atoms with van der Waals surface area (Å²) in [6, 6.07) is 5.22. The molecule has 10 nitrogen and oxygen atoms in total. The van der Waals surface area contributed by atoms with Crippen molar-refractivity contribution in [1.82, 2.24) is 14.9 Å². The predicted molar refractivity (Wildman–Crippen MR) is 125 cm³/mol. The van der Waals surface area contributed by atoms with Crippen molar-refractivity contribution in [2.45, 2.75) is 57.1 Å². The number of aliphatic hydroxyl groups is 1. The Morgan fingerprint density at radius 2 is 1.91 bits per heavy atom. The van der Waals surface area contributed by atoms with Gasteiger partial charge in [-0.3, -0.25) is 4.79 Å². The summed E-state index contributed by atoms with van der Waals surface area (Å²) in [6.07, 6.45) is 0. The normalized spacial score (nSPS) is 14.0. The van der Waals surface area contributed by atoms with Crippen molar-refractivity contribution in [3.05, 3.63) is 80.4 Å². The zero-order valence-corrected chi connectivity index (χ0v) is 20.7. The quantitative estimate of drug-likeness (QED) is 0.363. The molecule has 0 aliphatic carbocycles. The van der Waals surface area contributed by atoms with Gasteiger partial charge in [0.25, 0.3) is 0 Å². The van der Waals surface area contributed by atoms with Crippen molar-refractivity contribution >= 4 is 15.9 Å². The highest BCUT2D eigenvalue weighted by molar-refractivity contribution is 7.89. The number of carbonyl (C=O) groups excluding carboxylic acids is 1. The number of hydrogen-bond acceptors (Lipinski definition) is 7. The molecule has 0 fully saturated rings. The number of rotatable bonds is 8. The number of nitrogens with zero attached hydrogens (tertiary/aromatic N) is 1. The smallest absolute Gasteiger partial charge is 0.391 e. The number of amides is 1. The molecule has 3 aromatic rings. The summed E-state index contributed by atoms with van der Waals surface area (Å²) >= 11 is 0. The van der Waals surface area contributed by atoms with Gasteiger partial charge in [-0.15, -0.1) is 5.10 Å². The zero-order chi connectivity index (χ0) is 26.3. The minimum Gasteiger partial charge on any atom is -0.391 e. The molecular weight excluding hydrogens is 479 g/mol. The van der Waals surface area contributed by atoms with Crippen LogP contribution in [0.25, 0.3) is 0 Å². The monoisotopic (exact) mass is 506 g/mol. The molecule has 1 aromatic heterocycles. The highest BCUT2D eigenvalue weighted by Gasteiger charge is 2.35. The number of benzene rings is 2. The Morgan fingerprint density at radius 1 is 1.26 bits per heavy atom. The molecule has 188 valence electrons. The fourth-order valence-electron chi connectivity index (χ4n) is 3.83. The molecule has 12 heteroatoms. The largest absolute Gasteiger partial charge is 0.434 e. The predicted octanol–water partition coefficient (Wildman–Crippen LogP) is 2.27. The first-order valence-electron chi connectivity index (χ1n) is 10.6. The van der Waals surface area contributed by atoms with E-state index >= 15 is 0 Å². The molecule has 35 heavy (non-hydrogen) atoms. The van der Waals surface area contributed by atoms with Gasteiger partial charge in [0, 0.05) is 5.92 Å². The molecule has 0 spiro atoms. The van der Waals surface area contributed by atoms with Crippen molar-refractivity contribution in [2.24, 2.45) is 5.73 Å². The zero-order valence-electron chi connectivity index (χ0n) is 19.8. The molecule has 0 saturated carbocycles. The van der Waals surface area contributed by atoms with E-state index in [4.69, 9.17) is 10.2 Å². The van der Waals surface area contributed by atoms with E-state index in [1.54, 1.807) is 26.8 Å². The summed E-state index contributed by atoms with van der Waals surface area (Å²) in [4.78, 5) is 23.2. The highest BCUT2D eigenvalue weighted by atomic mass is 32.2. The van der Waals surface area contributed by atoms with Gasteiger partial charge in [0.15, 0.2) is 0 Å². The Morgan fingerprint density at radius 3 is 2.46 bits per heavy atom. The molecule has 2 atom stereocenters. The Labute approximate surface area is 201 Å². The average molecular weight is 507 g/mol. The molecule has 1 amide bonds. The fraction of sp³-hybridized carbons (Fsp3) is 0.348. The Kier molecular flexibility index (Phi) is 7.02. The van der Waals surface area contributed by atoms with E-state index in [9.17, 15) is 27.5 Å². The van der Waals surface area contributed by atoms with Crippen LogP contribution in [0.2, 0.25) is 0 Å². The maximum absolute atomic E-state index is 14.9. The molecule has 0 unspecified atom stereocenters. The number of nitrogens with one attached hydrogen (secondary N) is 2. The highest BCUT2D eigenvalue weighted by Crippen LogP contribution is 2.36. The minimum absolute atomic E-state index is 0.198. The Balaban J connectivity index is 2.19. The molecule has 0 saturated heterocycles. The van der Waals surface area contributed by atoms with Gasteiger partial charge in [0.2, 0.25) is 21.8 Å². The average Bonchev–Trinajstić information content (AvgIpc) is 3.19. The molecule has 0 radical (unpaired) electrons. The minimum atomic E-state index is -4.55. The molecular formula is C23H27FN4O6S. The summed E-state index contributed by atoms with van der Waals surface area (Å²) in [5.41, 5.74) is 5.42. The number of aromatic amines is 1. The number of primary amides is 1. The van der Waals surface area contributed by atoms with Gasteiger partial charge in [-0.05, 0) is 68.1 Å². The van der Waals surface area contributed by atoms with E-state index in [0.717, 1.165) is 11.6 Å². The van der Waals surface area contributed by atoms with Crippen LogP contribution in [0.1, 0.15) is 71.2 Å². The molecule has 0 aliphatic heterocycles. The van der Waals surface area contributed by atoms with Crippen LogP contribution >= 0.6 is 0 Å². The number of aromatic nitrogens is 2. The maximum atomic E-state index is 14.9. The van der Waals surface area contributed by atoms with Gasteiger partial charge in [-0.25, -0.2) is 22.7 Å².